The molecule has 2 saturated heterocycles. The molecule has 3 atom stereocenters. The molecule has 0 spiro atoms. The Kier molecular flexibility index (Phi) is 11.6. The number of amides is 4. The number of unbranched alkanes of at least 4 members (excludes halogenated alkanes) is 1. The van der Waals surface area contributed by atoms with Crippen molar-refractivity contribution in [2.75, 3.05) is 51.0 Å². The number of rotatable bonds is 15. The van der Waals surface area contributed by atoms with Crippen LogP contribution in [-0.2, 0) is 19.1 Å². The highest BCUT2D eigenvalue weighted by molar-refractivity contribution is 8.00. The van der Waals surface area contributed by atoms with Crippen molar-refractivity contribution >= 4 is 42.2 Å². The van der Waals surface area contributed by atoms with Crippen LogP contribution in [-0.4, -0.2) is 86.2 Å². The fraction of sp³-hybridized carbons (Fsp3) is 0.833. The summed E-state index contributed by atoms with van der Waals surface area (Å²) in [4.78, 5) is 34.2. The maximum absolute atomic E-state index is 11.8. The Bertz CT molecular complexity index is 540. The Morgan fingerprint density at radius 3 is 2.41 bits per heavy atom. The highest BCUT2D eigenvalue weighted by Crippen LogP contribution is 2.33. The number of thiol groups is 1. The van der Waals surface area contributed by atoms with E-state index in [0.717, 1.165) is 25.0 Å². The van der Waals surface area contributed by atoms with E-state index in [1.807, 2.05) is 11.8 Å². The van der Waals surface area contributed by atoms with Crippen LogP contribution in [0.4, 0.5) is 4.79 Å². The van der Waals surface area contributed by atoms with E-state index in [0.29, 0.717) is 51.2 Å². The average molecular weight is 449 g/mol. The monoisotopic (exact) mass is 448 g/mol. The zero-order valence-corrected chi connectivity index (χ0v) is 18.3. The van der Waals surface area contributed by atoms with E-state index in [4.69, 9.17) is 9.47 Å². The van der Waals surface area contributed by atoms with Crippen molar-refractivity contribution in [3.8, 4) is 0 Å². The Hall–Kier alpha value is -1.17. The summed E-state index contributed by atoms with van der Waals surface area (Å²) in [7, 11) is 0. The third-order valence-electron chi connectivity index (χ3n) is 4.73. The molecule has 2 heterocycles. The van der Waals surface area contributed by atoms with Gasteiger partial charge in [0.1, 0.15) is 0 Å². The average Bonchev–Trinajstić information content (AvgIpc) is 3.25. The van der Waals surface area contributed by atoms with Gasteiger partial charge in [0.05, 0.1) is 44.3 Å². The normalized spacial score (nSPS) is 22.7. The number of nitrogens with one attached hydrogen (secondary N) is 4. The minimum atomic E-state index is -0.116. The highest BCUT2D eigenvalue weighted by atomic mass is 32.2. The topological polar surface area (TPSA) is 118 Å². The molecule has 0 bridgehead atoms. The molecule has 0 aromatic heterocycles. The zero-order valence-electron chi connectivity index (χ0n) is 16.6. The fourth-order valence-electron chi connectivity index (χ4n) is 3.27. The van der Waals surface area contributed by atoms with Gasteiger partial charge in [-0.05, 0) is 12.8 Å². The van der Waals surface area contributed by atoms with Crippen LogP contribution >= 0.6 is 24.4 Å². The van der Waals surface area contributed by atoms with Crippen molar-refractivity contribution < 1.29 is 23.9 Å². The lowest BCUT2D eigenvalue weighted by Gasteiger charge is -2.16. The zero-order chi connectivity index (χ0) is 20.9. The number of hydrogen-bond acceptors (Lipinski definition) is 7. The van der Waals surface area contributed by atoms with Gasteiger partial charge in [-0.1, -0.05) is 6.42 Å². The first-order chi connectivity index (χ1) is 14.1. The van der Waals surface area contributed by atoms with E-state index in [9.17, 15) is 14.4 Å². The second-order valence-electron chi connectivity index (χ2n) is 6.95. The molecule has 1 unspecified atom stereocenters. The Balaban J connectivity index is 1.35. The molecule has 0 saturated carbocycles. The van der Waals surface area contributed by atoms with Crippen molar-refractivity contribution in [3.63, 3.8) is 0 Å². The largest absolute Gasteiger partial charge is 0.377 e. The number of urea groups is 1. The molecule has 11 heteroatoms. The van der Waals surface area contributed by atoms with Crippen LogP contribution in [0.5, 0.6) is 0 Å². The first kappa shape index (κ1) is 24.1. The summed E-state index contributed by atoms with van der Waals surface area (Å²) in [5, 5.41) is 11.9. The summed E-state index contributed by atoms with van der Waals surface area (Å²) < 4.78 is 10.7. The van der Waals surface area contributed by atoms with Crippen LogP contribution in [0.1, 0.15) is 25.7 Å². The van der Waals surface area contributed by atoms with Gasteiger partial charge in [0.2, 0.25) is 11.8 Å². The smallest absolute Gasteiger partial charge is 0.315 e. The third kappa shape index (κ3) is 9.45. The van der Waals surface area contributed by atoms with Crippen LogP contribution in [0, 0.1) is 0 Å². The fourth-order valence-corrected chi connectivity index (χ4v) is 4.92. The lowest BCUT2D eigenvalue weighted by atomic mass is 10.0. The number of fused-ring (bicyclic) bond motifs is 1. The molecule has 0 aliphatic carbocycles. The molecule has 2 aliphatic rings. The molecule has 29 heavy (non-hydrogen) atoms. The van der Waals surface area contributed by atoms with Gasteiger partial charge in [0, 0.05) is 30.5 Å². The van der Waals surface area contributed by atoms with Gasteiger partial charge in [-0.2, -0.15) is 24.4 Å². The van der Waals surface area contributed by atoms with Crippen LogP contribution in [0.3, 0.4) is 0 Å². The van der Waals surface area contributed by atoms with Crippen LogP contribution in [0.2, 0.25) is 0 Å². The minimum Gasteiger partial charge on any atom is -0.377 e. The van der Waals surface area contributed by atoms with Crippen molar-refractivity contribution in [3.05, 3.63) is 0 Å². The SMILES string of the molecule is O=C(CS)NCCOCCOCCNC(=O)CCCCC1SC[C@@H]2NC(=O)N[C@H]12. The second-order valence-corrected chi connectivity index (χ2v) is 8.54. The summed E-state index contributed by atoms with van der Waals surface area (Å²) in [6.07, 6.45) is 3.35. The molecule has 9 nitrogen and oxygen atoms in total. The summed E-state index contributed by atoms with van der Waals surface area (Å²) in [6.45, 7) is 2.71. The number of ether oxygens (including phenoxy) is 2. The van der Waals surface area contributed by atoms with Crippen molar-refractivity contribution in [1.29, 1.82) is 0 Å². The van der Waals surface area contributed by atoms with E-state index in [1.165, 1.54) is 0 Å². The molecule has 2 aliphatic heterocycles. The molecule has 0 aromatic rings. The Morgan fingerprint density at radius 1 is 1.03 bits per heavy atom. The Morgan fingerprint density at radius 2 is 1.72 bits per heavy atom. The summed E-state index contributed by atoms with van der Waals surface area (Å²) in [5.74, 6) is 1.06. The van der Waals surface area contributed by atoms with E-state index in [2.05, 4.69) is 33.9 Å². The summed E-state index contributed by atoms with van der Waals surface area (Å²) >= 11 is 5.76. The van der Waals surface area contributed by atoms with E-state index in [1.54, 1.807) is 0 Å². The molecular weight excluding hydrogens is 416 g/mol. The van der Waals surface area contributed by atoms with Gasteiger partial charge < -0.3 is 30.7 Å². The molecule has 4 amide bonds. The highest BCUT2D eigenvalue weighted by Gasteiger charge is 2.42. The maximum Gasteiger partial charge on any atom is 0.315 e. The lowest BCUT2D eigenvalue weighted by Crippen LogP contribution is -2.36. The first-order valence-electron chi connectivity index (χ1n) is 10.1. The van der Waals surface area contributed by atoms with E-state index in [-0.39, 0.29) is 35.7 Å². The van der Waals surface area contributed by atoms with Gasteiger partial charge in [0.15, 0.2) is 0 Å². The quantitative estimate of drug-likeness (QED) is 0.136. The number of hydrogen-bond donors (Lipinski definition) is 5. The molecule has 166 valence electrons. The Labute approximate surface area is 181 Å². The van der Waals surface area contributed by atoms with Crippen LogP contribution in [0.25, 0.3) is 0 Å². The summed E-state index contributed by atoms with van der Waals surface area (Å²) in [5.41, 5.74) is 0. The van der Waals surface area contributed by atoms with Crippen molar-refractivity contribution in [2.24, 2.45) is 0 Å². The van der Waals surface area contributed by atoms with Gasteiger partial charge in [0.25, 0.3) is 0 Å². The van der Waals surface area contributed by atoms with E-state index >= 15 is 0 Å². The van der Waals surface area contributed by atoms with E-state index < -0.39 is 0 Å². The third-order valence-corrected chi connectivity index (χ3v) is 6.53. The van der Waals surface area contributed by atoms with Gasteiger partial charge in [-0.15, -0.1) is 0 Å². The molecular formula is C18H32N4O5S2. The van der Waals surface area contributed by atoms with Crippen molar-refractivity contribution in [1.82, 2.24) is 21.3 Å². The molecule has 2 fully saturated rings. The number of thioether (sulfide) groups is 1. The van der Waals surface area contributed by atoms with Gasteiger partial charge in [-0.25, -0.2) is 4.79 Å². The molecule has 0 radical (unpaired) electrons. The van der Waals surface area contributed by atoms with Gasteiger partial charge in [-0.3, -0.25) is 9.59 Å². The number of carbonyl (C=O) groups is 3. The number of carbonyl (C=O) groups excluding carboxylic acids is 3. The minimum absolute atomic E-state index is 0.0394. The maximum atomic E-state index is 11.8. The molecule has 2 rings (SSSR count). The van der Waals surface area contributed by atoms with Crippen LogP contribution < -0.4 is 21.3 Å². The summed E-state index contributed by atoms with van der Waals surface area (Å²) in [6, 6.07) is 0.426. The standard InChI is InChI=1S/C18H32N4O5S2/c23-15(19-5-7-26-9-10-27-8-6-20-16(24)11-28)4-2-1-3-14-17-13(12-29-14)21-18(25)22-17/h13-14,17,28H,1-12H2,(H,19,23)(H,20,24)(H2,21,22,25)/t13-,14?,17-/m0/s1. The predicted octanol–water partition coefficient (Wildman–Crippen LogP) is -0.0924. The van der Waals surface area contributed by atoms with Crippen molar-refractivity contribution in [2.45, 2.75) is 43.0 Å². The second kappa shape index (κ2) is 13.9. The predicted molar refractivity (Wildman–Crippen MR) is 115 cm³/mol. The lowest BCUT2D eigenvalue weighted by molar-refractivity contribution is -0.121. The molecule has 0 aromatic carbocycles. The van der Waals surface area contributed by atoms with Crippen LogP contribution in [0.15, 0.2) is 0 Å². The first-order valence-corrected chi connectivity index (χ1v) is 11.8. The van der Waals surface area contributed by atoms with Gasteiger partial charge >= 0.3 is 6.03 Å². The molecule has 4 N–H and O–H groups in total.